The Hall–Kier alpha value is -1.86. The lowest BCUT2D eigenvalue weighted by Crippen LogP contribution is -2.20. The largest absolute Gasteiger partial charge is 0.396 e. The maximum Gasteiger partial charge on any atom is 0.130 e. The lowest BCUT2D eigenvalue weighted by atomic mass is 10.1. The summed E-state index contributed by atoms with van der Waals surface area (Å²) in [5.74, 6) is -1.14. The van der Waals surface area contributed by atoms with Crippen LogP contribution < -0.4 is 5.32 Å². The van der Waals surface area contributed by atoms with Crippen LogP contribution in [0.1, 0.15) is 30.6 Å². The van der Waals surface area contributed by atoms with Crippen LogP contribution >= 0.6 is 0 Å². The highest BCUT2D eigenvalue weighted by molar-refractivity contribution is 5.22. The van der Waals surface area contributed by atoms with Crippen LogP contribution in [0.3, 0.4) is 0 Å². The van der Waals surface area contributed by atoms with Gasteiger partial charge in [-0.2, -0.15) is 0 Å². The Morgan fingerprint density at radius 1 is 1.33 bits per heavy atom. The smallest absolute Gasteiger partial charge is 0.130 e. The highest BCUT2D eigenvalue weighted by Crippen LogP contribution is 2.20. The molecule has 2 N–H and O–H groups in total. The highest BCUT2D eigenvalue weighted by atomic mass is 19.1. The van der Waals surface area contributed by atoms with Gasteiger partial charge in [0.05, 0.1) is 5.69 Å². The van der Waals surface area contributed by atoms with Gasteiger partial charge >= 0.3 is 0 Å². The topological polar surface area (TPSA) is 63.0 Å². The van der Waals surface area contributed by atoms with E-state index in [0.29, 0.717) is 25.2 Å². The molecule has 0 amide bonds. The molecule has 5 nitrogen and oxygen atoms in total. The van der Waals surface area contributed by atoms with E-state index in [1.54, 1.807) is 17.8 Å². The first kappa shape index (κ1) is 15.5. The molecular weight excluding hydrogens is 278 g/mol. The van der Waals surface area contributed by atoms with Crippen molar-refractivity contribution in [2.24, 2.45) is 0 Å². The third-order valence-corrected chi connectivity index (χ3v) is 3.15. The van der Waals surface area contributed by atoms with Crippen LogP contribution in [0.4, 0.5) is 8.78 Å². The van der Waals surface area contributed by atoms with E-state index in [9.17, 15) is 8.78 Å². The van der Waals surface area contributed by atoms with Crippen molar-refractivity contribution < 1.29 is 13.9 Å². The van der Waals surface area contributed by atoms with Crippen molar-refractivity contribution in [1.29, 1.82) is 0 Å². The first-order valence-electron chi connectivity index (χ1n) is 6.79. The number of hydrogen-bond acceptors (Lipinski definition) is 4. The number of nitrogens with zero attached hydrogens (tertiary/aromatic N) is 3. The fraction of sp³-hybridized carbons (Fsp3) is 0.429. The summed E-state index contributed by atoms with van der Waals surface area (Å²) < 4.78 is 28.9. The van der Waals surface area contributed by atoms with Gasteiger partial charge in [-0.25, -0.2) is 8.78 Å². The quantitative estimate of drug-likeness (QED) is 0.817. The summed E-state index contributed by atoms with van der Waals surface area (Å²) in [6, 6.07) is 3.34. The van der Waals surface area contributed by atoms with E-state index in [1.165, 1.54) is 18.2 Å². The van der Waals surface area contributed by atoms with Crippen molar-refractivity contribution in [3.63, 3.8) is 0 Å². The number of nitrogens with one attached hydrogen (secondary N) is 1. The zero-order valence-electron chi connectivity index (χ0n) is 11.8. The molecule has 7 heteroatoms. The molecule has 0 saturated heterocycles. The van der Waals surface area contributed by atoms with Crippen molar-refractivity contribution in [2.45, 2.75) is 32.5 Å². The molecule has 2 aromatic rings. The Bertz CT molecular complexity index is 568. The van der Waals surface area contributed by atoms with Crippen LogP contribution in [0.15, 0.2) is 24.4 Å². The second-order valence-electron chi connectivity index (χ2n) is 4.79. The summed E-state index contributed by atoms with van der Waals surface area (Å²) in [6.45, 7) is 2.73. The zero-order valence-corrected chi connectivity index (χ0v) is 11.8. The molecule has 114 valence electrons. The van der Waals surface area contributed by atoms with Gasteiger partial charge in [0.2, 0.25) is 0 Å². The Morgan fingerprint density at radius 3 is 2.71 bits per heavy atom. The number of aliphatic hydroxyl groups is 1. The van der Waals surface area contributed by atoms with E-state index in [1.807, 2.05) is 0 Å². The maximum absolute atomic E-state index is 13.6. The predicted molar refractivity (Wildman–Crippen MR) is 73.3 cm³/mol. The summed E-state index contributed by atoms with van der Waals surface area (Å²) in [5, 5.41) is 19.6. The summed E-state index contributed by atoms with van der Waals surface area (Å²) in [6.07, 6.45) is 2.35. The van der Waals surface area contributed by atoms with Gasteiger partial charge in [-0.05, 0) is 25.5 Å². The number of aryl methyl sites for hydroxylation is 1. The highest BCUT2D eigenvalue weighted by Gasteiger charge is 2.15. The van der Waals surface area contributed by atoms with Crippen LogP contribution in [0.5, 0.6) is 0 Å². The van der Waals surface area contributed by atoms with Crippen LogP contribution in [0.2, 0.25) is 0 Å². The van der Waals surface area contributed by atoms with Crippen molar-refractivity contribution in [3.8, 4) is 0 Å². The van der Waals surface area contributed by atoms with Gasteiger partial charge in [0, 0.05) is 37.5 Å². The summed E-state index contributed by atoms with van der Waals surface area (Å²) in [7, 11) is 0. The Kier molecular flexibility index (Phi) is 5.35. The van der Waals surface area contributed by atoms with Gasteiger partial charge in [0.1, 0.15) is 11.6 Å². The lowest BCUT2D eigenvalue weighted by molar-refractivity contribution is 0.276. The number of halogens is 2. The van der Waals surface area contributed by atoms with Crippen molar-refractivity contribution >= 4 is 0 Å². The number of aliphatic hydroxyl groups excluding tert-OH is 1. The lowest BCUT2D eigenvalue weighted by Gasteiger charge is -2.14. The van der Waals surface area contributed by atoms with Gasteiger partial charge in [-0.1, -0.05) is 11.3 Å². The van der Waals surface area contributed by atoms with Crippen molar-refractivity contribution in [3.05, 3.63) is 47.3 Å². The third-order valence-electron chi connectivity index (χ3n) is 3.15. The van der Waals surface area contributed by atoms with Crippen LogP contribution in [-0.2, 0) is 13.1 Å². The average Bonchev–Trinajstić information content (AvgIpc) is 2.90. The summed E-state index contributed by atoms with van der Waals surface area (Å²) in [4.78, 5) is 0. The first-order chi connectivity index (χ1) is 10.1. The van der Waals surface area contributed by atoms with E-state index in [0.717, 1.165) is 0 Å². The molecule has 0 aliphatic rings. The molecule has 21 heavy (non-hydrogen) atoms. The molecule has 1 unspecified atom stereocenters. The number of aromatic nitrogens is 3. The molecule has 0 saturated carbocycles. The SMILES string of the molecule is CC(NCc1cn(CCCO)nn1)c1c(F)cccc1F. The van der Waals surface area contributed by atoms with E-state index in [-0.39, 0.29) is 12.2 Å². The van der Waals surface area contributed by atoms with Crippen molar-refractivity contribution in [1.82, 2.24) is 20.3 Å². The monoisotopic (exact) mass is 296 g/mol. The molecule has 0 aliphatic heterocycles. The summed E-state index contributed by atoms with van der Waals surface area (Å²) in [5.41, 5.74) is 0.696. The molecule has 0 radical (unpaired) electrons. The standard InChI is InChI=1S/C14H18F2N4O/c1-10(14-12(15)4-2-5-13(14)16)17-8-11-9-20(19-18-11)6-3-7-21/h2,4-5,9-10,17,21H,3,6-8H2,1H3. The molecule has 0 fully saturated rings. The van der Waals surface area contributed by atoms with Crippen LogP contribution in [-0.4, -0.2) is 26.7 Å². The van der Waals surface area contributed by atoms with Gasteiger partial charge in [-0.3, -0.25) is 4.68 Å². The fourth-order valence-corrected chi connectivity index (χ4v) is 2.05. The summed E-state index contributed by atoms with van der Waals surface area (Å²) >= 11 is 0. The predicted octanol–water partition coefficient (Wildman–Crippen LogP) is 1.79. The molecule has 1 heterocycles. The van der Waals surface area contributed by atoms with E-state index < -0.39 is 17.7 Å². The first-order valence-corrected chi connectivity index (χ1v) is 6.79. The van der Waals surface area contributed by atoms with Gasteiger partial charge in [-0.15, -0.1) is 5.10 Å². The molecule has 0 aliphatic carbocycles. The Morgan fingerprint density at radius 2 is 2.05 bits per heavy atom. The minimum atomic E-state index is -0.568. The van der Waals surface area contributed by atoms with Crippen molar-refractivity contribution in [2.75, 3.05) is 6.61 Å². The number of benzene rings is 1. The van der Waals surface area contributed by atoms with E-state index >= 15 is 0 Å². The minimum absolute atomic E-state index is 0.0187. The average molecular weight is 296 g/mol. The molecule has 1 atom stereocenters. The number of hydrogen-bond donors (Lipinski definition) is 2. The van der Waals surface area contributed by atoms with Gasteiger partial charge in [0.15, 0.2) is 0 Å². The third kappa shape index (κ3) is 4.05. The van der Waals surface area contributed by atoms with E-state index in [2.05, 4.69) is 15.6 Å². The minimum Gasteiger partial charge on any atom is -0.396 e. The van der Waals surface area contributed by atoms with Crippen LogP contribution in [0.25, 0.3) is 0 Å². The Balaban J connectivity index is 1.94. The normalized spacial score (nSPS) is 12.6. The number of rotatable bonds is 7. The second kappa shape index (κ2) is 7.24. The molecule has 1 aromatic heterocycles. The molecule has 0 spiro atoms. The Labute approximate surface area is 121 Å². The molecule has 1 aromatic carbocycles. The molecule has 2 rings (SSSR count). The molecule has 0 bridgehead atoms. The maximum atomic E-state index is 13.6. The van der Waals surface area contributed by atoms with E-state index in [4.69, 9.17) is 5.11 Å². The van der Waals surface area contributed by atoms with Gasteiger partial charge in [0.25, 0.3) is 0 Å². The fourth-order valence-electron chi connectivity index (χ4n) is 2.05. The molecular formula is C14H18F2N4O. The second-order valence-corrected chi connectivity index (χ2v) is 4.79. The van der Waals surface area contributed by atoms with Gasteiger partial charge < -0.3 is 10.4 Å². The zero-order chi connectivity index (χ0) is 15.2. The van der Waals surface area contributed by atoms with Crippen LogP contribution in [0, 0.1) is 11.6 Å².